The average Bonchev–Trinajstić information content (AvgIpc) is 3.23. The Kier molecular flexibility index (Phi) is 3.73. The summed E-state index contributed by atoms with van der Waals surface area (Å²) in [7, 11) is 1.58. The second kappa shape index (κ2) is 5.54. The maximum Gasteiger partial charge on any atom is 0.236 e. The second-order valence-corrected chi connectivity index (χ2v) is 5.43. The van der Waals surface area contributed by atoms with Crippen LogP contribution in [-0.2, 0) is 0 Å². The van der Waals surface area contributed by atoms with Gasteiger partial charge in [0.25, 0.3) is 0 Å². The normalized spacial score (nSPS) is 14.0. The van der Waals surface area contributed by atoms with Crippen LogP contribution in [0.2, 0.25) is 10.3 Å². The lowest BCUT2D eigenvalue weighted by molar-refractivity contribution is 0.415. The molecule has 1 saturated carbocycles. The number of rotatable bonds is 4. The number of nitrogen functional groups attached to an aromatic ring is 1. The summed E-state index contributed by atoms with van der Waals surface area (Å²) in [5.41, 5.74) is 6.52. The molecular weight excluding hydrogens is 313 g/mol. The van der Waals surface area contributed by atoms with Crippen LogP contribution in [0.25, 0.3) is 0 Å². The van der Waals surface area contributed by atoms with Gasteiger partial charge in [-0.15, -0.1) is 0 Å². The van der Waals surface area contributed by atoms with Crippen molar-refractivity contribution in [3.05, 3.63) is 28.5 Å². The average molecular weight is 326 g/mol. The van der Waals surface area contributed by atoms with Crippen molar-refractivity contribution in [2.45, 2.75) is 18.9 Å². The number of methoxy groups -OCH3 is 1. The fourth-order valence-corrected chi connectivity index (χ4v) is 2.50. The van der Waals surface area contributed by atoms with Gasteiger partial charge >= 0.3 is 0 Å². The first kappa shape index (κ1) is 14.2. The standard InChI is InChI=1S/C13H13Cl2N5O/c1-21-10-5-4-8(6-9(10)14)20(7-2-3-7)13-18-11(15)17-12(16)19-13/h4-7H,2-3H2,1H3,(H2,16,17,18,19). The van der Waals surface area contributed by atoms with Crippen LogP contribution in [0.3, 0.4) is 0 Å². The summed E-state index contributed by atoms with van der Waals surface area (Å²) in [6.45, 7) is 0. The van der Waals surface area contributed by atoms with Gasteiger partial charge in [-0.3, -0.25) is 0 Å². The molecular formula is C13H13Cl2N5O. The van der Waals surface area contributed by atoms with Gasteiger partial charge in [-0.2, -0.15) is 15.0 Å². The van der Waals surface area contributed by atoms with Crippen molar-refractivity contribution >= 4 is 40.8 Å². The Bertz CT molecular complexity index is 657. The van der Waals surface area contributed by atoms with Gasteiger partial charge in [0.05, 0.1) is 12.1 Å². The second-order valence-electron chi connectivity index (χ2n) is 4.68. The lowest BCUT2D eigenvalue weighted by Gasteiger charge is -2.23. The van der Waals surface area contributed by atoms with Gasteiger partial charge < -0.3 is 15.4 Å². The number of halogens is 2. The molecule has 1 fully saturated rings. The first-order valence-electron chi connectivity index (χ1n) is 6.38. The minimum atomic E-state index is 0.0720. The van der Waals surface area contributed by atoms with E-state index in [0.717, 1.165) is 18.5 Å². The third-order valence-electron chi connectivity index (χ3n) is 3.15. The first-order chi connectivity index (χ1) is 10.1. The Balaban J connectivity index is 2.04. The van der Waals surface area contributed by atoms with Crippen molar-refractivity contribution in [2.24, 2.45) is 0 Å². The zero-order chi connectivity index (χ0) is 15.0. The van der Waals surface area contributed by atoms with Crippen LogP contribution in [0, 0.1) is 0 Å². The van der Waals surface area contributed by atoms with Crippen molar-refractivity contribution < 1.29 is 4.74 Å². The number of ether oxygens (including phenoxy) is 1. The molecule has 2 aromatic rings. The van der Waals surface area contributed by atoms with Gasteiger partial charge in [0, 0.05) is 11.7 Å². The molecule has 8 heteroatoms. The molecule has 1 aromatic carbocycles. The van der Waals surface area contributed by atoms with E-state index in [0.29, 0.717) is 22.8 Å². The van der Waals surface area contributed by atoms with Crippen molar-refractivity contribution in [1.29, 1.82) is 0 Å². The first-order valence-corrected chi connectivity index (χ1v) is 7.14. The van der Waals surface area contributed by atoms with Crippen LogP contribution in [0.1, 0.15) is 12.8 Å². The van der Waals surface area contributed by atoms with E-state index in [4.69, 9.17) is 33.7 Å². The third-order valence-corrected chi connectivity index (χ3v) is 3.62. The van der Waals surface area contributed by atoms with Crippen LogP contribution >= 0.6 is 23.2 Å². The smallest absolute Gasteiger partial charge is 0.236 e. The number of nitrogens with zero attached hydrogens (tertiary/aromatic N) is 4. The van der Waals surface area contributed by atoms with Crippen molar-refractivity contribution in [3.8, 4) is 5.75 Å². The van der Waals surface area contributed by atoms with E-state index in [2.05, 4.69) is 15.0 Å². The number of anilines is 3. The van der Waals surface area contributed by atoms with E-state index in [1.165, 1.54) is 0 Å². The molecule has 21 heavy (non-hydrogen) atoms. The highest BCUT2D eigenvalue weighted by molar-refractivity contribution is 6.32. The molecule has 0 atom stereocenters. The summed E-state index contributed by atoms with van der Waals surface area (Å²) in [4.78, 5) is 14.1. The Morgan fingerprint density at radius 2 is 2.00 bits per heavy atom. The third kappa shape index (κ3) is 2.96. The summed E-state index contributed by atoms with van der Waals surface area (Å²) in [6.07, 6.45) is 2.10. The van der Waals surface area contributed by atoms with Gasteiger partial charge in [0.2, 0.25) is 17.2 Å². The van der Waals surface area contributed by atoms with E-state index >= 15 is 0 Å². The molecule has 1 aromatic heterocycles. The zero-order valence-corrected chi connectivity index (χ0v) is 12.8. The Labute approximate surface area is 131 Å². The molecule has 0 aliphatic heterocycles. The molecule has 1 aliphatic carbocycles. The van der Waals surface area contributed by atoms with Gasteiger partial charge in [-0.05, 0) is 42.6 Å². The molecule has 110 valence electrons. The fraction of sp³-hybridized carbons (Fsp3) is 0.308. The molecule has 1 aliphatic rings. The molecule has 0 unspecified atom stereocenters. The van der Waals surface area contributed by atoms with E-state index < -0.39 is 0 Å². The van der Waals surface area contributed by atoms with Crippen LogP contribution in [-0.4, -0.2) is 28.1 Å². The van der Waals surface area contributed by atoms with Crippen LogP contribution in [0.4, 0.5) is 17.6 Å². The number of benzene rings is 1. The van der Waals surface area contributed by atoms with Gasteiger partial charge in [-0.1, -0.05) is 11.6 Å². The Hall–Kier alpha value is -1.79. The summed E-state index contributed by atoms with van der Waals surface area (Å²) in [5, 5.41) is 0.594. The molecule has 0 amide bonds. The highest BCUT2D eigenvalue weighted by Crippen LogP contribution is 2.39. The quantitative estimate of drug-likeness (QED) is 0.930. The van der Waals surface area contributed by atoms with Crippen LogP contribution in [0.5, 0.6) is 5.75 Å². The largest absolute Gasteiger partial charge is 0.495 e. The maximum absolute atomic E-state index is 6.19. The molecule has 3 rings (SSSR count). The molecule has 0 spiro atoms. The van der Waals surface area contributed by atoms with Crippen molar-refractivity contribution in [1.82, 2.24) is 15.0 Å². The summed E-state index contributed by atoms with van der Waals surface area (Å²) >= 11 is 12.1. The molecule has 0 bridgehead atoms. The van der Waals surface area contributed by atoms with Gasteiger partial charge in [-0.25, -0.2) is 0 Å². The molecule has 2 N–H and O–H groups in total. The topological polar surface area (TPSA) is 77.2 Å². The van der Waals surface area contributed by atoms with Gasteiger partial charge in [0.1, 0.15) is 5.75 Å². The molecule has 0 radical (unpaired) electrons. The summed E-state index contributed by atoms with van der Waals surface area (Å²) in [6, 6.07) is 5.83. The molecule has 1 heterocycles. The van der Waals surface area contributed by atoms with Crippen molar-refractivity contribution in [2.75, 3.05) is 17.7 Å². The van der Waals surface area contributed by atoms with Crippen molar-refractivity contribution in [3.63, 3.8) is 0 Å². The Morgan fingerprint density at radius 1 is 1.24 bits per heavy atom. The fourth-order valence-electron chi connectivity index (χ4n) is 2.09. The number of hydrogen-bond donors (Lipinski definition) is 1. The van der Waals surface area contributed by atoms with Gasteiger partial charge in [0.15, 0.2) is 0 Å². The van der Waals surface area contributed by atoms with E-state index in [-0.39, 0.29) is 11.2 Å². The monoisotopic (exact) mass is 325 g/mol. The molecule has 0 saturated heterocycles. The lowest BCUT2D eigenvalue weighted by atomic mass is 10.2. The zero-order valence-electron chi connectivity index (χ0n) is 11.3. The number of aromatic nitrogens is 3. The van der Waals surface area contributed by atoms with E-state index in [9.17, 15) is 0 Å². The highest BCUT2D eigenvalue weighted by atomic mass is 35.5. The lowest BCUT2D eigenvalue weighted by Crippen LogP contribution is -2.22. The predicted octanol–water partition coefficient (Wildman–Crippen LogP) is 3.07. The minimum Gasteiger partial charge on any atom is -0.495 e. The summed E-state index contributed by atoms with van der Waals surface area (Å²) < 4.78 is 5.17. The summed E-state index contributed by atoms with van der Waals surface area (Å²) in [5.74, 6) is 1.14. The molecule has 6 nitrogen and oxygen atoms in total. The SMILES string of the molecule is COc1ccc(N(c2nc(N)nc(Cl)n2)C2CC2)cc1Cl. The predicted molar refractivity (Wildman–Crippen MR) is 82.4 cm³/mol. The van der Waals surface area contributed by atoms with Crippen LogP contribution < -0.4 is 15.4 Å². The minimum absolute atomic E-state index is 0.0720. The Morgan fingerprint density at radius 3 is 2.57 bits per heavy atom. The van der Waals surface area contributed by atoms with E-state index in [1.807, 2.05) is 17.0 Å². The number of hydrogen-bond acceptors (Lipinski definition) is 6. The van der Waals surface area contributed by atoms with E-state index in [1.54, 1.807) is 13.2 Å². The highest BCUT2D eigenvalue weighted by Gasteiger charge is 2.33. The van der Waals surface area contributed by atoms with Crippen LogP contribution in [0.15, 0.2) is 18.2 Å². The maximum atomic E-state index is 6.19. The number of nitrogens with two attached hydrogens (primary N) is 1.